The van der Waals surface area contributed by atoms with Crippen molar-refractivity contribution in [1.82, 2.24) is 4.90 Å². The molecule has 0 saturated heterocycles. The van der Waals surface area contributed by atoms with E-state index in [9.17, 15) is 4.79 Å². The second-order valence-electron chi connectivity index (χ2n) is 2.88. The maximum atomic E-state index is 10.8. The van der Waals surface area contributed by atoms with Gasteiger partial charge in [-0.2, -0.15) is 0 Å². The number of hydrogen-bond acceptors (Lipinski definition) is 2. The fourth-order valence-electron chi connectivity index (χ4n) is 1.18. The van der Waals surface area contributed by atoms with Gasteiger partial charge in [0.2, 0.25) is 0 Å². The highest BCUT2D eigenvalue weighted by molar-refractivity contribution is 5.91. The van der Waals surface area contributed by atoms with Crippen LogP contribution in [-0.2, 0) is 4.79 Å². The lowest BCUT2D eigenvalue weighted by Crippen LogP contribution is -2.29. The van der Waals surface area contributed by atoms with Gasteiger partial charge in [-0.15, -0.1) is 0 Å². The van der Waals surface area contributed by atoms with Gasteiger partial charge in [0.1, 0.15) is 0 Å². The quantitative estimate of drug-likeness (QED) is 0.601. The summed E-state index contributed by atoms with van der Waals surface area (Å²) in [5.41, 5.74) is 5.80. The second-order valence-corrected chi connectivity index (χ2v) is 2.88. The Balaban J connectivity index is 2.61. The zero-order valence-corrected chi connectivity index (χ0v) is 7.00. The number of primary amides is 1. The van der Waals surface area contributed by atoms with Crippen molar-refractivity contribution in [3.8, 4) is 0 Å². The molecule has 1 saturated carbocycles. The summed E-state index contributed by atoms with van der Waals surface area (Å²) in [6, 6.07) is 0.550. The van der Waals surface area contributed by atoms with E-state index in [0.29, 0.717) is 11.7 Å². The third-order valence-corrected chi connectivity index (χ3v) is 2.00. The molecule has 0 spiro atoms. The Hall–Kier alpha value is -0.990. The number of rotatable bonds is 3. The lowest BCUT2D eigenvalue weighted by atomic mass is 10.3. The molecule has 1 aliphatic rings. The van der Waals surface area contributed by atoms with Crippen molar-refractivity contribution in [1.29, 1.82) is 0 Å². The average Bonchev–Trinajstić information content (AvgIpc) is 2.68. The highest BCUT2D eigenvalue weighted by Crippen LogP contribution is 2.27. The molecule has 1 fully saturated rings. The van der Waals surface area contributed by atoms with E-state index in [1.54, 1.807) is 6.08 Å². The largest absolute Gasteiger partial charge is 0.367 e. The van der Waals surface area contributed by atoms with Gasteiger partial charge >= 0.3 is 0 Å². The van der Waals surface area contributed by atoms with Crippen molar-refractivity contribution in [2.75, 3.05) is 7.05 Å². The Labute approximate surface area is 66.9 Å². The van der Waals surface area contributed by atoms with Crippen molar-refractivity contribution in [2.24, 2.45) is 5.73 Å². The third kappa shape index (κ3) is 1.73. The Kier molecular flexibility index (Phi) is 2.17. The van der Waals surface area contributed by atoms with Crippen molar-refractivity contribution in [2.45, 2.75) is 25.8 Å². The molecule has 1 aliphatic carbocycles. The number of allylic oxidation sites excluding steroid dienone is 1. The van der Waals surface area contributed by atoms with E-state index in [1.165, 1.54) is 12.8 Å². The van der Waals surface area contributed by atoms with Crippen molar-refractivity contribution in [3.63, 3.8) is 0 Å². The third-order valence-electron chi connectivity index (χ3n) is 2.00. The molecule has 2 N–H and O–H groups in total. The van der Waals surface area contributed by atoms with Crippen LogP contribution >= 0.6 is 0 Å². The van der Waals surface area contributed by atoms with Gasteiger partial charge in [-0.25, -0.2) is 0 Å². The van der Waals surface area contributed by atoms with Crippen LogP contribution < -0.4 is 5.73 Å². The van der Waals surface area contributed by atoms with Crippen LogP contribution in [0.3, 0.4) is 0 Å². The summed E-state index contributed by atoms with van der Waals surface area (Å²) in [4.78, 5) is 12.8. The number of likely N-dealkylation sites (N-methyl/N-ethyl adjacent to an activating group) is 1. The van der Waals surface area contributed by atoms with E-state index in [-0.39, 0.29) is 5.91 Å². The molecule has 0 atom stereocenters. The first-order chi connectivity index (χ1) is 5.16. The fourth-order valence-corrected chi connectivity index (χ4v) is 1.18. The molecule has 1 amide bonds. The molecule has 0 radical (unpaired) electrons. The van der Waals surface area contributed by atoms with Crippen LogP contribution in [0.5, 0.6) is 0 Å². The summed E-state index contributed by atoms with van der Waals surface area (Å²) in [5.74, 6) is -0.332. The minimum Gasteiger partial charge on any atom is -0.367 e. The van der Waals surface area contributed by atoms with Crippen LogP contribution in [0.25, 0.3) is 0 Å². The molecular formula is C8H14N2O. The van der Waals surface area contributed by atoms with Gasteiger partial charge in [-0.05, 0) is 19.8 Å². The molecule has 11 heavy (non-hydrogen) atoms. The van der Waals surface area contributed by atoms with Crippen LogP contribution in [0, 0.1) is 0 Å². The highest BCUT2D eigenvalue weighted by Gasteiger charge is 2.28. The monoisotopic (exact) mass is 154 g/mol. The lowest BCUT2D eigenvalue weighted by molar-refractivity contribution is -0.116. The van der Waals surface area contributed by atoms with Crippen molar-refractivity contribution < 1.29 is 4.79 Å². The zero-order valence-electron chi connectivity index (χ0n) is 7.00. The van der Waals surface area contributed by atoms with Crippen LogP contribution in [0.4, 0.5) is 0 Å². The highest BCUT2D eigenvalue weighted by atomic mass is 16.1. The van der Waals surface area contributed by atoms with Gasteiger partial charge in [0.15, 0.2) is 0 Å². The zero-order chi connectivity index (χ0) is 8.43. The summed E-state index contributed by atoms with van der Waals surface area (Å²) in [6.07, 6.45) is 4.13. The molecule has 62 valence electrons. The maximum absolute atomic E-state index is 10.8. The first kappa shape index (κ1) is 8.11. The molecule has 3 heteroatoms. The molecule has 0 aromatic rings. The lowest BCUT2D eigenvalue weighted by Gasteiger charge is -2.18. The van der Waals surface area contributed by atoms with Crippen molar-refractivity contribution in [3.05, 3.63) is 11.8 Å². The Morgan fingerprint density at radius 1 is 1.64 bits per heavy atom. The van der Waals surface area contributed by atoms with Gasteiger partial charge in [0, 0.05) is 13.1 Å². The fraction of sp³-hybridized carbons (Fsp3) is 0.625. The maximum Gasteiger partial charge on any atom is 0.264 e. The predicted molar refractivity (Wildman–Crippen MR) is 43.7 cm³/mol. The molecule has 1 rings (SSSR count). The molecule has 3 nitrogen and oxygen atoms in total. The first-order valence-electron chi connectivity index (χ1n) is 3.85. The number of nitrogens with zero attached hydrogens (tertiary/aromatic N) is 1. The summed E-state index contributed by atoms with van der Waals surface area (Å²) < 4.78 is 0. The van der Waals surface area contributed by atoms with Crippen molar-refractivity contribution >= 4 is 5.91 Å². The normalized spacial score (nSPS) is 18.2. The number of carbonyl (C=O) groups is 1. The summed E-state index contributed by atoms with van der Waals surface area (Å²) >= 11 is 0. The summed E-state index contributed by atoms with van der Waals surface area (Å²) in [7, 11) is 1.91. The number of hydrogen-bond donors (Lipinski definition) is 1. The van der Waals surface area contributed by atoms with E-state index < -0.39 is 0 Å². The van der Waals surface area contributed by atoms with Gasteiger partial charge < -0.3 is 10.6 Å². The Morgan fingerprint density at radius 3 is 2.45 bits per heavy atom. The van der Waals surface area contributed by atoms with E-state index in [2.05, 4.69) is 0 Å². The Bertz CT molecular complexity index is 194. The topological polar surface area (TPSA) is 46.3 Å². The molecule has 0 bridgehead atoms. The standard InChI is InChI=1S/C8H14N2O/c1-3-7(8(9)11)10(2)6-4-5-6/h3,6H,4-5H2,1-2H3,(H2,9,11). The summed E-state index contributed by atoms with van der Waals surface area (Å²) in [5, 5.41) is 0. The molecule has 0 heterocycles. The predicted octanol–water partition coefficient (Wildman–Crippen LogP) is 0.470. The second kappa shape index (κ2) is 2.95. The molecule has 0 aromatic heterocycles. The van der Waals surface area contributed by atoms with Gasteiger partial charge in [0.05, 0.1) is 5.70 Å². The van der Waals surface area contributed by atoms with E-state index in [4.69, 9.17) is 5.73 Å². The molecule has 0 aliphatic heterocycles. The minimum absolute atomic E-state index is 0.332. The number of amides is 1. The van der Waals surface area contributed by atoms with Gasteiger partial charge in [-0.3, -0.25) is 4.79 Å². The molecular weight excluding hydrogens is 140 g/mol. The van der Waals surface area contributed by atoms with Crippen LogP contribution in [0.1, 0.15) is 19.8 Å². The first-order valence-corrected chi connectivity index (χ1v) is 3.85. The SMILES string of the molecule is CC=C(C(N)=O)N(C)C1CC1. The van der Waals surface area contributed by atoms with Gasteiger partial charge in [-0.1, -0.05) is 6.08 Å². The van der Waals surface area contributed by atoms with Crippen LogP contribution in [0.2, 0.25) is 0 Å². The minimum atomic E-state index is -0.332. The van der Waals surface area contributed by atoms with E-state index in [0.717, 1.165) is 0 Å². The Morgan fingerprint density at radius 2 is 2.18 bits per heavy atom. The number of carbonyl (C=O) groups excluding carboxylic acids is 1. The number of nitrogens with two attached hydrogens (primary N) is 1. The summed E-state index contributed by atoms with van der Waals surface area (Å²) in [6.45, 7) is 1.83. The average molecular weight is 154 g/mol. The van der Waals surface area contributed by atoms with Gasteiger partial charge in [0.25, 0.3) is 5.91 Å². The van der Waals surface area contributed by atoms with Crippen LogP contribution in [0.15, 0.2) is 11.8 Å². The van der Waals surface area contributed by atoms with Crippen LogP contribution in [-0.4, -0.2) is 23.9 Å². The van der Waals surface area contributed by atoms with E-state index >= 15 is 0 Å². The van der Waals surface area contributed by atoms with E-state index in [1.807, 2.05) is 18.9 Å². The molecule has 0 aromatic carbocycles. The molecule has 0 unspecified atom stereocenters. The smallest absolute Gasteiger partial charge is 0.264 e.